The lowest BCUT2D eigenvalue weighted by molar-refractivity contribution is -0.137. The molecular weight excluding hydrogens is 376 g/mol. The van der Waals surface area contributed by atoms with Gasteiger partial charge in [0, 0.05) is 13.1 Å². The van der Waals surface area contributed by atoms with Crippen LogP contribution in [0.25, 0.3) is 0 Å². The maximum Gasteiger partial charge on any atom is 0.338 e. The molecule has 0 aromatic heterocycles. The van der Waals surface area contributed by atoms with Crippen molar-refractivity contribution in [2.24, 2.45) is 11.7 Å². The lowest BCUT2D eigenvalue weighted by atomic mass is 9.97. The zero-order valence-corrected chi connectivity index (χ0v) is 16.1. The number of ether oxygens (including phenoxy) is 3. The number of carbonyl (C=O) groups is 3. The SMILES string of the molecule is CCOc1c(Cl)cc(C(=O)OCC(=O)N2CCC[C@@H](C(N)=O)C2)cc1OC. The lowest BCUT2D eigenvalue weighted by Gasteiger charge is -2.31. The van der Waals surface area contributed by atoms with Crippen molar-refractivity contribution in [3.05, 3.63) is 22.7 Å². The smallest absolute Gasteiger partial charge is 0.338 e. The highest BCUT2D eigenvalue weighted by molar-refractivity contribution is 6.32. The van der Waals surface area contributed by atoms with Crippen molar-refractivity contribution in [3.63, 3.8) is 0 Å². The summed E-state index contributed by atoms with van der Waals surface area (Å²) in [5, 5.41) is 0.204. The van der Waals surface area contributed by atoms with E-state index in [1.165, 1.54) is 24.1 Å². The number of likely N-dealkylation sites (tertiary alicyclic amines) is 1. The normalized spacial score (nSPS) is 16.6. The average Bonchev–Trinajstić information content (AvgIpc) is 2.67. The summed E-state index contributed by atoms with van der Waals surface area (Å²) in [6, 6.07) is 2.83. The van der Waals surface area contributed by atoms with Crippen molar-refractivity contribution in [2.75, 3.05) is 33.4 Å². The highest BCUT2D eigenvalue weighted by Crippen LogP contribution is 2.36. The summed E-state index contributed by atoms with van der Waals surface area (Å²) >= 11 is 6.13. The first kappa shape index (κ1) is 20.8. The number of nitrogens with two attached hydrogens (primary N) is 1. The molecule has 8 nitrogen and oxygen atoms in total. The van der Waals surface area contributed by atoms with Crippen LogP contribution in [-0.4, -0.2) is 56.1 Å². The number of hydrogen-bond acceptors (Lipinski definition) is 6. The molecule has 0 saturated carbocycles. The van der Waals surface area contributed by atoms with Crippen LogP contribution >= 0.6 is 11.6 Å². The molecule has 0 spiro atoms. The molecule has 27 heavy (non-hydrogen) atoms. The molecule has 2 rings (SSSR count). The Labute approximate surface area is 162 Å². The van der Waals surface area contributed by atoms with Gasteiger partial charge in [-0.1, -0.05) is 11.6 Å². The van der Waals surface area contributed by atoms with Crippen LogP contribution in [0.15, 0.2) is 12.1 Å². The van der Waals surface area contributed by atoms with E-state index in [4.69, 9.17) is 31.5 Å². The van der Waals surface area contributed by atoms with Gasteiger partial charge in [0.1, 0.15) is 0 Å². The Morgan fingerprint density at radius 3 is 2.70 bits per heavy atom. The van der Waals surface area contributed by atoms with Gasteiger partial charge < -0.3 is 24.8 Å². The standard InChI is InChI=1S/C18H23ClN2O6/c1-3-26-16-13(19)7-12(8-14(16)25-2)18(24)27-10-15(22)21-6-4-5-11(9-21)17(20)23/h7-8,11H,3-6,9-10H2,1-2H3,(H2,20,23)/t11-/m1/s1. The Morgan fingerprint density at radius 2 is 2.07 bits per heavy atom. The molecule has 1 aliphatic rings. The summed E-state index contributed by atoms with van der Waals surface area (Å²) in [7, 11) is 1.43. The van der Waals surface area contributed by atoms with Crippen LogP contribution < -0.4 is 15.2 Å². The predicted octanol–water partition coefficient (Wildman–Crippen LogP) is 1.63. The average molecular weight is 399 g/mol. The summed E-state index contributed by atoms with van der Waals surface area (Å²) in [6.07, 6.45) is 1.34. The van der Waals surface area contributed by atoms with Gasteiger partial charge in [0.25, 0.3) is 5.91 Å². The van der Waals surface area contributed by atoms with E-state index in [2.05, 4.69) is 0 Å². The summed E-state index contributed by atoms with van der Waals surface area (Å²) in [4.78, 5) is 37.3. The lowest BCUT2D eigenvalue weighted by Crippen LogP contribution is -2.45. The van der Waals surface area contributed by atoms with E-state index >= 15 is 0 Å². The molecule has 1 heterocycles. The van der Waals surface area contributed by atoms with Crippen molar-refractivity contribution in [2.45, 2.75) is 19.8 Å². The number of rotatable bonds is 7. The van der Waals surface area contributed by atoms with Crippen LogP contribution in [0.3, 0.4) is 0 Å². The number of amides is 2. The molecule has 1 aromatic rings. The maximum atomic E-state index is 12.3. The Balaban J connectivity index is 2.00. The number of esters is 1. The van der Waals surface area contributed by atoms with Crippen molar-refractivity contribution < 1.29 is 28.6 Å². The zero-order chi connectivity index (χ0) is 20.0. The maximum absolute atomic E-state index is 12.3. The first-order valence-corrected chi connectivity index (χ1v) is 8.99. The Hall–Kier alpha value is -2.48. The van der Waals surface area contributed by atoms with E-state index in [1.54, 1.807) is 6.92 Å². The van der Waals surface area contributed by atoms with Gasteiger partial charge in [0.2, 0.25) is 5.91 Å². The number of carbonyl (C=O) groups excluding carboxylic acids is 3. The van der Waals surface area contributed by atoms with E-state index in [0.29, 0.717) is 37.5 Å². The Bertz CT molecular complexity index is 724. The first-order valence-electron chi connectivity index (χ1n) is 8.61. The fraction of sp³-hybridized carbons (Fsp3) is 0.500. The van der Waals surface area contributed by atoms with Gasteiger partial charge in [-0.3, -0.25) is 9.59 Å². The second-order valence-electron chi connectivity index (χ2n) is 6.08. The van der Waals surface area contributed by atoms with E-state index < -0.39 is 18.5 Å². The summed E-state index contributed by atoms with van der Waals surface area (Å²) in [5.41, 5.74) is 5.45. The van der Waals surface area contributed by atoms with Gasteiger partial charge in [-0.25, -0.2) is 4.79 Å². The highest BCUT2D eigenvalue weighted by Gasteiger charge is 2.27. The number of methoxy groups -OCH3 is 1. The number of halogens is 1. The molecule has 0 aliphatic carbocycles. The van der Waals surface area contributed by atoms with Crippen LogP contribution in [-0.2, 0) is 14.3 Å². The minimum absolute atomic E-state index is 0.141. The molecule has 1 aliphatic heterocycles. The van der Waals surface area contributed by atoms with E-state index in [0.717, 1.165) is 0 Å². The number of primary amides is 1. The molecule has 9 heteroatoms. The molecular formula is C18H23ClN2O6. The molecule has 0 bridgehead atoms. The third kappa shape index (κ3) is 5.26. The van der Waals surface area contributed by atoms with Gasteiger partial charge in [-0.2, -0.15) is 0 Å². The minimum Gasteiger partial charge on any atom is -0.493 e. The molecule has 2 N–H and O–H groups in total. The number of nitrogens with zero attached hydrogens (tertiary/aromatic N) is 1. The fourth-order valence-electron chi connectivity index (χ4n) is 2.86. The molecule has 2 amide bonds. The van der Waals surface area contributed by atoms with E-state index in [1.807, 2.05) is 0 Å². The Morgan fingerprint density at radius 1 is 1.33 bits per heavy atom. The monoisotopic (exact) mass is 398 g/mol. The number of hydrogen-bond donors (Lipinski definition) is 1. The topological polar surface area (TPSA) is 108 Å². The molecule has 0 unspecified atom stereocenters. The third-order valence-electron chi connectivity index (χ3n) is 4.26. The Kier molecular flexibility index (Phi) is 7.29. The van der Waals surface area contributed by atoms with Gasteiger partial charge in [0.05, 0.1) is 30.2 Å². The van der Waals surface area contributed by atoms with E-state index in [9.17, 15) is 14.4 Å². The molecule has 1 saturated heterocycles. The molecule has 1 atom stereocenters. The first-order chi connectivity index (χ1) is 12.9. The minimum atomic E-state index is -0.713. The van der Waals surface area contributed by atoms with Gasteiger partial charge >= 0.3 is 5.97 Å². The van der Waals surface area contributed by atoms with Gasteiger partial charge in [-0.05, 0) is 31.9 Å². The second kappa shape index (κ2) is 9.45. The summed E-state index contributed by atoms with van der Waals surface area (Å²) in [5.74, 6) is -1.26. The van der Waals surface area contributed by atoms with Gasteiger partial charge in [0.15, 0.2) is 18.1 Å². The quantitative estimate of drug-likeness (QED) is 0.699. The largest absolute Gasteiger partial charge is 0.493 e. The third-order valence-corrected chi connectivity index (χ3v) is 4.54. The molecule has 148 valence electrons. The molecule has 1 aromatic carbocycles. The fourth-order valence-corrected chi connectivity index (χ4v) is 3.13. The van der Waals surface area contributed by atoms with E-state index in [-0.39, 0.29) is 29.0 Å². The molecule has 1 fully saturated rings. The van der Waals surface area contributed by atoms with Crippen LogP contribution in [0.4, 0.5) is 0 Å². The van der Waals surface area contributed by atoms with Crippen LogP contribution in [0, 0.1) is 5.92 Å². The van der Waals surface area contributed by atoms with Gasteiger partial charge in [-0.15, -0.1) is 0 Å². The van der Waals surface area contributed by atoms with Crippen molar-refractivity contribution in [1.29, 1.82) is 0 Å². The van der Waals surface area contributed by atoms with Crippen LogP contribution in [0.5, 0.6) is 11.5 Å². The summed E-state index contributed by atoms with van der Waals surface area (Å²) in [6.45, 7) is 2.50. The highest BCUT2D eigenvalue weighted by atomic mass is 35.5. The van der Waals surface area contributed by atoms with Crippen molar-refractivity contribution >= 4 is 29.4 Å². The van der Waals surface area contributed by atoms with Crippen molar-refractivity contribution in [3.8, 4) is 11.5 Å². The second-order valence-corrected chi connectivity index (χ2v) is 6.49. The summed E-state index contributed by atoms with van der Waals surface area (Å²) < 4.78 is 15.7. The van der Waals surface area contributed by atoms with Crippen LogP contribution in [0.1, 0.15) is 30.1 Å². The number of piperidine rings is 1. The number of benzene rings is 1. The van der Waals surface area contributed by atoms with Crippen molar-refractivity contribution in [1.82, 2.24) is 4.90 Å². The predicted molar refractivity (Wildman–Crippen MR) is 98.0 cm³/mol. The zero-order valence-electron chi connectivity index (χ0n) is 15.3. The van der Waals surface area contributed by atoms with Crippen LogP contribution in [0.2, 0.25) is 5.02 Å². The molecule has 0 radical (unpaired) electrons.